The molecule has 38 heavy (non-hydrogen) atoms. The molecule has 1 amide bonds. The van der Waals surface area contributed by atoms with E-state index in [0.717, 1.165) is 38.2 Å². The predicted octanol–water partition coefficient (Wildman–Crippen LogP) is 1.92. The van der Waals surface area contributed by atoms with Gasteiger partial charge in [0.25, 0.3) is 5.91 Å². The molecule has 0 saturated carbocycles. The van der Waals surface area contributed by atoms with E-state index in [4.69, 9.17) is 30.4 Å². The molecule has 1 fully saturated rings. The number of hydrogen-bond acceptors (Lipinski definition) is 8. The largest absolute Gasteiger partial charge is 0.493 e. The Morgan fingerprint density at radius 1 is 0.895 bits per heavy atom. The lowest BCUT2D eigenvalue weighted by Crippen LogP contribution is -2.47. The zero-order chi connectivity index (χ0) is 27.7. The molecule has 0 bridgehead atoms. The number of aliphatic imine (C=N–C) groups is 1. The van der Waals surface area contributed by atoms with Gasteiger partial charge in [-0.3, -0.25) is 19.4 Å². The van der Waals surface area contributed by atoms with Crippen LogP contribution in [0.3, 0.4) is 0 Å². The van der Waals surface area contributed by atoms with Crippen LogP contribution in [0.2, 0.25) is 0 Å². The molecule has 4 N–H and O–H groups in total. The van der Waals surface area contributed by atoms with E-state index < -0.39 is 5.91 Å². The number of nitrogens with two attached hydrogens (primary N) is 2. The number of rotatable bonds is 12. The molecule has 1 saturated heterocycles. The van der Waals surface area contributed by atoms with Gasteiger partial charge in [-0.15, -0.1) is 0 Å². The third kappa shape index (κ3) is 7.14. The molecule has 1 aliphatic rings. The van der Waals surface area contributed by atoms with E-state index >= 15 is 0 Å². The SMILES string of the molecule is CCCOc1ccc(C(=O)CN2CCN(Cc3ccc(OC)c(OC)c3OC)CC2)cc1C(=O)N=C(N)N. The molecule has 0 unspecified atom stereocenters. The molecular formula is C27H37N5O6. The van der Waals surface area contributed by atoms with E-state index in [1.54, 1.807) is 33.5 Å². The van der Waals surface area contributed by atoms with Gasteiger partial charge in [-0.05, 0) is 30.7 Å². The van der Waals surface area contributed by atoms with Crippen molar-refractivity contribution in [3.63, 3.8) is 0 Å². The van der Waals surface area contributed by atoms with Crippen molar-refractivity contribution in [3.8, 4) is 23.0 Å². The summed E-state index contributed by atoms with van der Waals surface area (Å²) in [5, 5.41) is 0. The Hall–Kier alpha value is -3.83. The summed E-state index contributed by atoms with van der Waals surface area (Å²) in [4.78, 5) is 33.6. The van der Waals surface area contributed by atoms with Gasteiger partial charge in [0.2, 0.25) is 5.75 Å². The number of nitrogens with zero attached hydrogens (tertiary/aromatic N) is 3. The highest BCUT2D eigenvalue weighted by Crippen LogP contribution is 2.40. The summed E-state index contributed by atoms with van der Waals surface area (Å²) in [6, 6.07) is 8.63. The van der Waals surface area contributed by atoms with Crippen LogP contribution < -0.4 is 30.4 Å². The predicted molar refractivity (Wildman–Crippen MR) is 145 cm³/mol. The lowest BCUT2D eigenvalue weighted by Gasteiger charge is -2.34. The molecule has 1 heterocycles. The van der Waals surface area contributed by atoms with E-state index in [1.165, 1.54) is 6.07 Å². The molecule has 11 nitrogen and oxygen atoms in total. The Bertz CT molecular complexity index is 1160. The third-order valence-electron chi connectivity index (χ3n) is 6.24. The molecule has 0 aliphatic carbocycles. The molecule has 0 radical (unpaired) electrons. The maximum atomic E-state index is 13.1. The fourth-order valence-electron chi connectivity index (χ4n) is 4.31. The Morgan fingerprint density at radius 2 is 1.55 bits per heavy atom. The van der Waals surface area contributed by atoms with Crippen molar-refractivity contribution < 1.29 is 28.5 Å². The van der Waals surface area contributed by atoms with Crippen molar-refractivity contribution in [1.29, 1.82) is 0 Å². The monoisotopic (exact) mass is 527 g/mol. The van der Waals surface area contributed by atoms with E-state index in [9.17, 15) is 9.59 Å². The van der Waals surface area contributed by atoms with Crippen LogP contribution in [0, 0.1) is 0 Å². The number of guanidine groups is 1. The van der Waals surface area contributed by atoms with Crippen molar-refractivity contribution in [2.75, 3.05) is 60.7 Å². The smallest absolute Gasteiger partial charge is 0.283 e. The van der Waals surface area contributed by atoms with Crippen LogP contribution in [0.1, 0.15) is 39.6 Å². The third-order valence-corrected chi connectivity index (χ3v) is 6.24. The maximum absolute atomic E-state index is 13.1. The van der Waals surface area contributed by atoms with Crippen molar-refractivity contribution in [1.82, 2.24) is 9.80 Å². The highest BCUT2D eigenvalue weighted by atomic mass is 16.5. The zero-order valence-corrected chi connectivity index (χ0v) is 22.5. The number of carbonyl (C=O) groups excluding carboxylic acids is 2. The molecule has 3 rings (SSSR count). The normalized spacial score (nSPS) is 14.0. The first-order valence-corrected chi connectivity index (χ1v) is 12.5. The Kier molecular flexibility index (Phi) is 10.3. The number of hydrogen-bond donors (Lipinski definition) is 2. The van der Waals surface area contributed by atoms with E-state index in [1.807, 2.05) is 19.1 Å². The summed E-state index contributed by atoms with van der Waals surface area (Å²) in [6.07, 6.45) is 0.765. The van der Waals surface area contributed by atoms with Crippen molar-refractivity contribution in [2.45, 2.75) is 19.9 Å². The van der Waals surface area contributed by atoms with Crippen LogP contribution in [0.4, 0.5) is 0 Å². The number of methoxy groups -OCH3 is 3. The second-order valence-corrected chi connectivity index (χ2v) is 8.87. The van der Waals surface area contributed by atoms with Gasteiger partial charge in [0, 0.05) is 43.9 Å². The molecule has 0 aromatic heterocycles. The number of benzene rings is 2. The van der Waals surface area contributed by atoms with Crippen molar-refractivity contribution in [2.24, 2.45) is 16.5 Å². The fourth-order valence-corrected chi connectivity index (χ4v) is 4.31. The molecule has 11 heteroatoms. The highest BCUT2D eigenvalue weighted by Gasteiger charge is 2.23. The van der Waals surface area contributed by atoms with Gasteiger partial charge in [-0.1, -0.05) is 13.0 Å². The average Bonchev–Trinajstić information content (AvgIpc) is 2.91. The van der Waals surface area contributed by atoms with Crippen LogP contribution in [-0.2, 0) is 6.54 Å². The van der Waals surface area contributed by atoms with Gasteiger partial charge in [-0.25, -0.2) is 0 Å². The molecular weight excluding hydrogens is 490 g/mol. The van der Waals surface area contributed by atoms with Gasteiger partial charge >= 0.3 is 0 Å². The van der Waals surface area contributed by atoms with Gasteiger partial charge < -0.3 is 30.4 Å². The van der Waals surface area contributed by atoms with Crippen LogP contribution in [0.5, 0.6) is 23.0 Å². The molecule has 2 aromatic carbocycles. The van der Waals surface area contributed by atoms with Gasteiger partial charge in [0.15, 0.2) is 23.2 Å². The Morgan fingerprint density at radius 3 is 2.16 bits per heavy atom. The summed E-state index contributed by atoms with van der Waals surface area (Å²) in [5.41, 5.74) is 12.3. The minimum atomic E-state index is -0.648. The first-order valence-electron chi connectivity index (χ1n) is 12.5. The summed E-state index contributed by atoms with van der Waals surface area (Å²) >= 11 is 0. The van der Waals surface area contributed by atoms with Crippen LogP contribution in [0.25, 0.3) is 0 Å². The topological polar surface area (TPSA) is 142 Å². The number of ether oxygens (including phenoxy) is 4. The van der Waals surface area contributed by atoms with Gasteiger partial charge in [-0.2, -0.15) is 4.99 Å². The molecule has 0 atom stereocenters. The average molecular weight is 528 g/mol. The van der Waals surface area contributed by atoms with E-state index in [0.29, 0.717) is 41.7 Å². The summed E-state index contributed by atoms with van der Waals surface area (Å²) < 4.78 is 22.1. The second kappa shape index (κ2) is 13.6. The Labute approximate surface area is 223 Å². The summed E-state index contributed by atoms with van der Waals surface area (Å²) in [5.74, 6) is 1.09. The number of Topliss-reactive ketones (excluding diaryl/α,β-unsaturated/α-hetero) is 1. The quantitative estimate of drug-likeness (QED) is 0.239. The van der Waals surface area contributed by atoms with Gasteiger partial charge in [0.1, 0.15) is 5.75 Å². The highest BCUT2D eigenvalue weighted by molar-refractivity contribution is 6.06. The maximum Gasteiger partial charge on any atom is 0.283 e. The Balaban J connectivity index is 1.64. The number of ketones is 1. The number of carbonyl (C=O) groups is 2. The lowest BCUT2D eigenvalue weighted by molar-refractivity contribution is 0.0842. The van der Waals surface area contributed by atoms with Crippen molar-refractivity contribution in [3.05, 3.63) is 47.0 Å². The summed E-state index contributed by atoms with van der Waals surface area (Å²) in [6.45, 7) is 6.30. The van der Waals surface area contributed by atoms with E-state index in [-0.39, 0.29) is 23.9 Å². The van der Waals surface area contributed by atoms with Crippen molar-refractivity contribution >= 4 is 17.6 Å². The first-order chi connectivity index (χ1) is 18.3. The molecule has 206 valence electrons. The minimum Gasteiger partial charge on any atom is -0.493 e. The molecule has 1 aliphatic heterocycles. The number of amides is 1. The molecule has 0 spiro atoms. The first kappa shape index (κ1) is 28.7. The van der Waals surface area contributed by atoms with Crippen LogP contribution in [0.15, 0.2) is 35.3 Å². The van der Waals surface area contributed by atoms with Gasteiger partial charge in [0.05, 0.1) is 40.0 Å². The zero-order valence-electron chi connectivity index (χ0n) is 22.5. The summed E-state index contributed by atoms with van der Waals surface area (Å²) in [7, 11) is 4.79. The number of piperazine rings is 1. The van der Waals surface area contributed by atoms with Crippen LogP contribution in [-0.4, -0.2) is 88.1 Å². The van der Waals surface area contributed by atoms with E-state index in [2.05, 4.69) is 14.8 Å². The fraction of sp³-hybridized carbons (Fsp3) is 0.444. The molecule has 2 aromatic rings. The van der Waals surface area contributed by atoms with Crippen LogP contribution >= 0.6 is 0 Å². The lowest BCUT2D eigenvalue weighted by atomic mass is 10.0. The standard InChI is InChI=1S/C27H37N5O6/c1-5-14-38-22-8-6-18(15-20(22)26(34)30-27(28)29)21(33)17-32-12-10-31(11-13-32)16-19-7-9-23(35-2)25(37-4)24(19)36-3/h6-9,15H,5,10-14,16-17H2,1-4H3,(H4,28,29,30,34). The second-order valence-electron chi connectivity index (χ2n) is 8.87. The minimum absolute atomic E-state index is 0.0965.